The Morgan fingerprint density at radius 1 is 1.35 bits per heavy atom. The summed E-state index contributed by atoms with van der Waals surface area (Å²) in [7, 11) is -1.33. The van der Waals surface area contributed by atoms with Crippen LogP contribution in [0.4, 0.5) is 13.2 Å². The molecule has 0 spiro atoms. The number of nitrogens with zero attached hydrogens (tertiary/aromatic N) is 2. The topological polar surface area (TPSA) is 80.6 Å². The quantitative estimate of drug-likeness (QED) is 0.396. The van der Waals surface area contributed by atoms with E-state index in [4.69, 9.17) is 14.2 Å². The maximum atomic E-state index is 12.7. The monoisotopic (exact) mass is 462 g/mol. The van der Waals surface area contributed by atoms with Gasteiger partial charge in [-0.3, -0.25) is 9.05 Å². The smallest absolute Gasteiger partial charge is 0.406 e. The molecule has 1 heterocycles. The van der Waals surface area contributed by atoms with Crippen molar-refractivity contribution in [1.29, 1.82) is 0 Å². The van der Waals surface area contributed by atoms with E-state index >= 15 is 0 Å². The fourth-order valence-electron chi connectivity index (χ4n) is 3.16. The summed E-state index contributed by atoms with van der Waals surface area (Å²) in [5.74, 6) is 0.0452. The lowest BCUT2D eigenvalue weighted by atomic mass is 9.96. The minimum absolute atomic E-state index is 0.0208. The van der Waals surface area contributed by atoms with Gasteiger partial charge in [-0.05, 0) is 30.5 Å². The SMILES string of the molecule is C=CC1C=C(CCCO)C/C(=N/P(=O)(OC)OC)N1Cc1cccc(OC(F)(F)F)c1. The Hall–Kier alpha value is -2.13. The zero-order valence-corrected chi connectivity index (χ0v) is 18.2. The molecule has 0 saturated heterocycles. The summed E-state index contributed by atoms with van der Waals surface area (Å²) in [6.07, 6.45) is 0.267. The van der Waals surface area contributed by atoms with Gasteiger partial charge in [0.25, 0.3) is 0 Å². The molecule has 0 amide bonds. The van der Waals surface area contributed by atoms with Crippen molar-refractivity contribution in [3.05, 3.63) is 54.1 Å². The van der Waals surface area contributed by atoms with Crippen molar-refractivity contribution in [1.82, 2.24) is 4.90 Å². The number of hydrogen-bond donors (Lipinski definition) is 1. The van der Waals surface area contributed by atoms with Crippen LogP contribution in [0.2, 0.25) is 0 Å². The zero-order valence-electron chi connectivity index (χ0n) is 17.3. The Balaban J connectivity index is 2.41. The number of rotatable bonds is 10. The second kappa shape index (κ2) is 10.9. The summed E-state index contributed by atoms with van der Waals surface area (Å²) in [6.45, 7) is 4.01. The molecule has 172 valence electrons. The van der Waals surface area contributed by atoms with Crippen LogP contribution in [0.3, 0.4) is 0 Å². The van der Waals surface area contributed by atoms with Crippen LogP contribution in [0.1, 0.15) is 24.8 Å². The number of hydrogen-bond acceptors (Lipinski definition) is 5. The van der Waals surface area contributed by atoms with Gasteiger partial charge in [-0.2, -0.15) is 4.76 Å². The van der Waals surface area contributed by atoms with Gasteiger partial charge in [0.15, 0.2) is 0 Å². The maximum Gasteiger partial charge on any atom is 0.573 e. The predicted octanol–water partition coefficient (Wildman–Crippen LogP) is 4.84. The van der Waals surface area contributed by atoms with Crippen LogP contribution in [0.25, 0.3) is 0 Å². The van der Waals surface area contributed by atoms with Gasteiger partial charge < -0.3 is 14.7 Å². The lowest BCUT2D eigenvalue weighted by Crippen LogP contribution is -2.41. The van der Waals surface area contributed by atoms with Crippen molar-refractivity contribution < 1.29 is 36.6 Å². The molecule has 1 aromatic rings. The van der Waals surface area contributed by atoms with E-state index in [1.54, 1.807) is 17.0 Å². The third-order valence-corrected chi connectivity index (χ3v) is 5.96. The summed E-state index contributed by atoms with van der Waals surface area (Å²) < 4.78 is 68.4. The molecular weight excluding hydrogens is 436 g/mol. The van der Waals surface area contributed by atoms with Crippen LogP contribution >= 0.6 is 7.75 Å². The first-order valence-corrected chi connectivity index (χ1v) is 11.0. The first-order valence-electron chi connectivity index (χ1n) is 9.48. The highest BCUT2D eigenvalue weighted by Crippen LogP contribution is 2.49. The number of ether oxygens (including phenoxy) is 1. The van der Waals surface area contributed by atoms with Crippen molar-refractivity contribution in [3.63, 3.8) is 0 Å². The molecule has 0 bridgehead atoms. The highest BCUT2D eigenvalue weighted by molar-refractivity contribution is 7.52. The van der Waals surface area contributed by atoms with Gasteiger partial charge in [0.2, 0.25) is 0 Å². The Labute approximate surface area is 179 Å². The molecule has 1 aliphatic heterocycles. The lowest BCUT2D eigenvalue weighted by Gasteiger charge is -2.36. The third kappa shape index (κ3) is 7.50. The molecular formula is C20H26F3N2O5P. The largest absolute Gasteiger partial charge is 0.573 e. The van der Waals surface area contributed by atoms with Crippen LogP contribution in [-0.4, -0.2) is 49.1 Å². The molecule has 11 heteroatoms. The van der Waals surface area contributed by atoms with Gasteiger partial charge in [-0.15, -0.1) is 19.8 Å². The van der Waals surface area contributed by atoms with Gasteiger partial charge in [0, 0.05) is 33.8 Å². The Kier molecular flexibility index (Phi) is 8.88. The van der Waals surface area contributed by atoms with Crippen molar-refractivity contribution in [2.75, 3.05) is 20.8 Å². The van der Waals surface area contributed by atoms with E-state index in [1.165, 1.54) is 32.4 Å². The van der Waals surface area contributed by atoms with E-state index in [0.29, 0.717) is 30.7 Å². The number of aliphatic hydroxyl groups excluding tert-OH is 1. The Bertz CT molecular complexity index is 865. The highest BCUT2D eigenvalue weighted by Gasteiger charge is 2.32. The summed E-state index contributed by atoms with van der Waals surface area (Å²) in [6, 6.07) is 5.23. The standard InChI is InChI=1S/C20H26F3N2O5P/c1-4-17-11-15(8-6-10-26)13-19(24-31(27,28-2)29-3)25(17)14-16-7-5-9-18(12-16)30-20(21,22)23/h4-5,7,9,11-12,17,26H,1,6,8,10,13-14H2,2-3H3/b24-19-. The molecule has 0 saturated carbocycles. The summed E-state index contributed by atoms with van der Waals surface area (Å²) in [5.41, 5.74) is 1.49. The number of halogens is 3. The Morgan fingerprint density at radius 3 is 2.65 bits per heavy atom. The van der Waals surface area contributed by atoms with E-state index in [1.807, 2.05) is 6.08 Å². The van der Waals surface area contributed by atoms with Crippen LogP contribution in [0, 0.1) is 0 Å². The van der Waals surface area contributed by atoms with E-state index < -0.39 is 14.1 Å². The fourth-order valence-corrected chi connectivity index (χ4v) is 3.95. The average molecular weight is 462 g/mol. The van der Waals surface area contributed by atoms with E-state index in [2.05, 4.69) is 16.1 Å². The van der Waals surface area contributed by atoms with Crippen molar-refractivity contribution in [2.45, 2.75) is 38.2 Å². The minimum Gasteiger partial charge on any atom is -0.406 e. The molecule has 31 heavy (non-hydrogen) atoms. The van der Waals surface area contributed by atoms with Crippen LogP contribution in [0.5, 0.6) is 5.75 Å². The van der Waals surface area contributed by atoms with Gasteiger partial charge in [0.1, 0.15) is 11.6 Å². The molecule has 1 unspecified atom stereocenters. The predicted molar refractivity (Wildman–Crippen MR) is 111 cm³/mol. The molecule has 0 aromatic heterocycles. The Morgan fingerprint density at radius 2 is 2.06 bits per heavy atom. The van der Waals surface area contributed by atoms with Crippen LogP contribution in [0.15, 0.2) is 53.3 Å². The van der Waals surface area contributed by atoms with E-state index in [0.717, 1.165) is 5.57 Å². The summed E-state index contributed by atoms with van der Waals surface area (Å²) in [5, 5.41) is 9.14. The normalized spacial score (nSPS) is 18.8. The second-order valence-corrected chi connectivity index (χ2v) is 8.60. The highest BCUT2D eigenvalue weighted by atomic mass is 31.2. The molecule has 1 N–H and O–H groups in total. The van der Waals surface area contributed by atoms with Crippen molar-refractivity contribution in [2.24, 2.45) is 4.76 Å². The minimum atomic E-state index is -4.80. The second-order valence-electron chi connectivity index (χ2n) is 6.73. The summed E-state index contributed by atoms with van der Waals surface area (Å²) in [4.78, 5) is 1.76. The number of aliphatic hydroxyl groups is 1. The van der Waals surface area contributed by atoms with E-state index in [-0.39, 0.29) is 24.9 Å². The summed E-state index contributed by atoms with van der Waals surface area (Å²) >= 11 is 0. The molecule has 1 atom stereocenters. The van der Waals surface area contributed by atoms with Gasteiger partial charge in [-0.1, -0.05) is 29.9 Å². The van der Waals surface area contributed by atoms with Crippen molar-refractivity contribution >= 4 is 13.6 Å². The molecule has 1 aliphatic rings. The molecule has 7 nitrogen and oxygen atoms in total. The maximum absolute atomic E-state index is 12.7. The van der Waals surface area contributed by atoms with Crippen LogP contribution < -0.4 is 4.74 Å². The van der Waals surface area contributed by atoms with E-state index in [9.17, 15) is 17.7 Å². The first kappa shape index (κ1) is 25.1. The number of amidine groups is 1. The molecule has 1 aromatic carbocycles. The fraction of sp³-hybridized carbons (Fsp3) is 0.450. The molecule has 0 aliphatic carbocycles. The van der Waals surface area contributed by atoms with Gasteiger partial charge in [0.05, 0.1) is 6.04 Å². The number of alkyl halides is 3. The first-order chi connectivity index (χ1) is 14.6. The zero-order chi connectivity index (χ0) is 23.1. The molecule has 2 rings (SSSR count). The third-order valence-electron chi connectivity index (χ3n) is 4.56. The van der Waals surface area contributed by atoms with Crippen LogP contribution in [-0.2, 0) is 20.2 Å². The van der Waals surface area contributed by atoms with Gasteiger partial charge in [-0.25, -0.2) is 4.57 Å². The molecule has 0 radical (unpaired) electrons. The molecule has 0 fully saturated rings. The number of benzene rings is 1. The van der Waals surface area contributed by atoms with Crippen molar-refractivity contribution in [3.8, 4) is 5.75 Å². The lowest BCUT2D eigenvalue weighted by molar-refractivity contribution is -0.274. The average Bonchev–Trinajstić information content (AvgIpc) is 2.72. The van der Waals surface area contributed by atoms with Gasteiger partial charge >= 0.3 is 14.1 Å².